The van der Waals surface area contributed by atoms with Crippen LogP contribution in [0.2, 0.25) is 5.15 Å². The Kier molecular flexibility index (Phi) is 6.83. The van der Waals surface area contributed by atoms with Gasteiger partial charge in [-0.25, -0.2) is 15.0 Å². The molecular formula is C23H21ClN6O3S2. The molecule has 1 amide bonds. The third-order valence-electron chi connectivity index (χ3n) is 5.39. The van der Waals surface area contributed by atoms with Crippen molar-refractivity contribution in [1.29, 1.82) is 0 Å². The number of hydrogen-bond donors (Lipinski definition) is 1. The van der Waals surface area contributed by atoms with Crippen molar-refractivity contribution in [3.63, 3.8) is 0 Å². The van der Waals surface area contributed by atoms with Crippen molar-refractivity contribution >= 4 is 56.2 Å². The number of ether oxygens (including phenoxy) is 2. The number of carbonyl (C=O) groups excluding carboxylic acids is 1. The Morgan fingerprint density at radius 3 is 2.83 bits per heavy atom. The molecule has 0 spiro atoms. The van der Waals surface area contributed by atoms with Gasteiger partial charge in [-0.15, -0.1) is 0 Å². The van der Waals surface area contributed by atoms with Crippen molar-refractivity contribution in [3.8, 4) is 16.9 Å². The molecule has 9 nitrogen and oxygen atoms in total. The maximum Gasteiger partial charge on any atom is 0.259 e. The Morgan fingerprint density at radius 1 is 1.20 bits per heavy atom. The molecule has 0 bridgehead atoms. The van der Waals surface area contributed by atoms with Crippen LogP contribution in [0.15, 0.2) is 29.6 Å². The van der Waals surface area contributed by atoms with Crippen LogP contribution in [0.5, 0.6) is 5.75 Å². The topological polar surface area (TPSA) is 112 Å². The van der Waals surface area contributed by atoms with E-state index >= 15 is 0 Å². The number of thioether (sulfide) groups is 1. The average Bonchev–Trinajstić information content (AvgIpc) is 3.48. The molecule has 0 saturated carbocycles. The van der Waals surface area contributed by atoms with Crippen LogP contribution in [0, 0.1) is 13.8 Å². The minimum atomic E-state index is -0.365. The van der Waals surface area contributed by atoms with E-state index < -0.39 is 0 Å². The number of pyridine rings is 2. The number of carbonyl (C=O) groups is 1. The molecule has 180 valence electrons. The zero-order valence-corrected chi connectivity index (χ0v) is 21.6. The number of methoxy groups -OCH3 is 1. The lowest BCUT2D eigenvalue weighted by molar-refractivity contribution is 0.102. The number of nitrogens with one attached hydrogen (secondary N) is 1. The van der Waals surface area contributed by atoms with Crippen molar-refractivity contribution in [2.75, 3.05) is 25.6 Å². The van der Waals surface area contributed by atoms with Gasteiger partial charge in [0.2, 0.25) is 0 Å². The summed E-state index contributed by atoms with van der Waals surface area (Å²) in [5.41, 5.74) is 3.67. The Hall–Kier alpha value is -2.86. The lowest BCUT2D eigenvalue weighted by Gasteiger charge is -2.13. The standard InChI is InChI=1S/C23H21ClN6O3S2/c1-11-6-14(15-7-18(24)26-9-17(15)32-3)16(8-25-11)20(31)29-23-28-19-22(35-23)30-21(12(2)27-19)34-13-4-5-33-10-13/h6-9,13H,4-5,10H2,1-3H3,(H,27,28,29,31). The summed E-state index contributed by atoms with van der Waals surface area (Å²) in [6, 6.07) is 3.47. The molecule has 1 saturated heterocycles. The van der Waals surface area contributed by atoms with Gasteiger partial charge in [-0.2, -0.15) is 4.98 Å². The quantitative estimate of drug-likeness (QED) is 0.347. The number of rotatable bonds is 6. The van der Waals surface area contributed by atoms with Crippen LogP contribution in [0.4, 0.5) is 5.13 Å². The van der Waals surface area contributed by atoms with Gasteiger partial charge >= 0.3 is 0 Å². The molecule has 4 aromatic heterocycles. The summed E-state index contributed by atoms with van der Waals surface area (Å²) in [5, 5.41) is 4.80. The average molecular weight is 529 g/mol. The van der Waals surface area contributed by atoms with E-state index in [0.29, 0.717) is 49.9 Å². The van der Waals surface area contributed by atoms with Gasteiger partial charge in [-0.05, 0) is 32.4 Å². The van der Waals surface area contributed by atoms with E-state index in [9.17, 15) is 4.79 Å². The zero-order chi connectivity index (χ0) is 24.5. The van der Waals surface area contributed by atoms with Crippen molar-refractivity contribution in [3.05, 3.63) is 46.6 Å². The molecule has 0 radical (unpaired) electrons. The highest BCUT2D eigenvalue weighted by atomic mass is 35.5. The number of aryl methyl sites for hydroxylation is 2. The Labute approximate surface area is 214 Å². The van der Waals surface area contributed by atoms with Crippen molar-refractivity contribution in [2.45, 2.75) is 30.5 Å². The first-order valence-corrected chi connectivity index (χ1v) is 12.9. The summed E-state index contributed by atoms with van der Waals surface area (Å²) in [6.45, 7) is 5.26. The minimum absolute atomic E-state index is 0.290. The van der Waals surface area contributed by atoms with Crippen LogP contribution in [0.3, 0.4) is 0 Å². The number of nitrogens with zero attached hydrogens (tertiary/aromatic N) is 5. The fourth-order valence-corrected chi connectivity index (χ4v) is 5.73. The normalized spacial score (nSPS) is 15.5. The molecule has 4 aromatic rings. The van der Waals surface area contributed by atoms with Crippen LogP contribution in [0.1, 0.15) is 28.2 Å². The second kappa shape index (κ2) is 10.0. The van der Waals surface area contributed by atoms with Gasteiger partial charge in [-0.1, -0.05) is 34.7 Å². The van der Waals surface area contributed by atoms with Crippen molar-refractivity contribution in [2.24, 2.45) is 0 Å². The largest absolute Gasteiger partial charge is 0.494 e. The Balaban J connectivity index is 1.45. The van der Waals surface area contributed by atoms with Crippen molar-refractivity contribution < 1.29 is 14.3 Å². The predicted molar refractivity (Wildman–Crippen MR) is 137 cm³/mol. The van der Waals surface area contributed by atoms with Crippen LogP contribution in [-0.2, 0) is 4.74 Å². The summed E-state index contributed by atoms with van der Waals surface area (Å²) in [4.78, 5) is 36.2. The lowest BCUT2D eigenvalue weighted by Crippen LogP contribution is -2.14. The Morgan fingerprint density at radius 2 is 2.06 bits per heavy atom. The number of anilines is 1. The van der Waals surface area contributed by atoms with Crippen molar-refractivity contribution in [1.82, 2.24) is 24.9 Å². The first-order valence-electron chi connectivity index (χ1n) is 10.8. The van der Waals surface area contributed by atoms with E-state index in [4.69, 9.17) is 26.1 Å². The fraction of sp³-hybridized carbons (Fsp3) is 0.304. The molecule has 1 fully saturated rings. The molecule has 1 aliphatic rings. The maximum absolute atomic E-state index is 13.3. The first-order chi connectivity index (χ1) is 16.9. The monoisotopic (exact) mass is 528 g/mol. The lowest BCUT2D eigenvalue weighted by atomic mass is 10.0. The van der Waals surface area contributed by atoms with E-state index in [1.165, 1.54) is 30.8 Å². The van der Waals surface area contributed by atoms with E-state index in [0.717, 1.165) is 29.4 Å². The second-order valence-electron chi connectivity index (χ2n) is 7.90. The van der Waals surface area contributed by atoms with Crippen LogP contribution in [0.25, 0.3) is 21.6 Å². The second-order valence-corrected chi connectivity index (χ2v) is 10.6. The zero-order valence-electron chi connectivity index (χ0n) is 19.2. The molecule has 1 atom stereocenters. The number of thiazole rings is 1. The number of hydrogen-bond acceptors (Lipinski definition) is 10. The minimum Gasteiger partial charge on any atom is -0.494 e. The SMILES string of the molecule is COc1cnc(Cl)cc1-c1cc(C)ncc1C(=O)Nc1nc2nc(C)c(SC3CCOC3)nc2s1. The molecule has 1 unspecified atom stereocenters. The summed E-state index contributed by atoms with van der Waals surface area (Å²) >= 11 is 9.09. The smallest absolute Gasteiger partial charge is 0.259 e. The third kappa shape index (κ3) is 5.08. The van der Waals surface area contributed by atoms with Gasteiger partial charge in [0.05, 0.1) is 31.2 Å². The number of aromatic nitrogens is 5. The van der Waals surface area contributed by atoms with Gasteiger partial charge in [0, 0.05) is 34.9 Å². The molecule has 12 heteroatoms. The van der Waals surface area contributed by atoms with Gasteiger partial charge in [-0.3, -0.25) is 15.1 Å². The summed E-state index contributed by atoms with van der Waals surface area (Å²) in [6.07, 6.45) is 4.05. The molecule has 0 aliphatic carbocycles. The molecule has 5 heterocycles. The molecule has 0 aromatic carbocycles. The molecular weight excluding hydrogens is 508 g/mol. The van der Waals surface area contributed by atoms with Gasteiger partial charge in [0.15, 0.2) is 15.6 Å². The highest BCUT2D eigenvalue weighted by molar-refractivity contribution is 8.00. The first kappa shape index (κ1) is 23.9. The highest BCUT2D eigenvalue weighted by Crippen LogP contribution is 2.35. The third-order valence-corrected chi connectivity index (χ3v) is 7.77. The number of amides is 1. The van der Waals surface area contributed by atoms with Gasteiger partial charge < -0.3 is 9.47 Å². The van der Waals surface area contributed by atoms with E-state index in [-0.39, 0.29) is 11.1 Å². The molecule has 5 rings (SSSR count). The summed E-state index contributed by atoms with van der Waals surface area (Å²) in [7, 11) is 1.54. The van der Waals surface area contributed by atoms with E-state index in [2.05, 4.69) is 25.3 Å². The molecule has 1 N–H and O–H groups in total. The Bertz CT molecular complexity index is 1420. The molecule has 35 heavy (non-hydrogen) atoms. The highest BCUT2D eigenvalue weighted by Gasteiger charge is 2.22. The number of fused-ring (bicyclic) bond motifs is 1. The van der Waals surface area contributed by atoms with Crippen LogP contribution in [-0.4, -0.2) is 56.4 Å². The van der Waals surface area contributed by atoms with Crippen LogP contribution < -0.4 is 10.1 Å². The number of halogens is 1. The summed E-state index contributed by atoms with van der Waals surface area (Å²) in [5.74, 6) is 0.131. The van der Waals surface area contributed by atoms with E-state index in [1.54, 1.807) is 17.8 Å². The summed E-state index contributed by atoms with van der Waals surface area (Å²) < 4.78 is 10.9. The van der Waals surface area contributed by atoms with Gasteiger partial charge in [0.25, 0.3) is 5.91 Å². The predicted octanol–water partition coefficient (Wildman–Crippen LogP) is 4.96. The fourth-order valence-electron chi connectivity index (χ4n) is 3.68. The molecule has 1 aliphatic heterocycles. The van der Waals surface area contributed by atoms with Crippen LogP contribution >= 0.6 is 34.7 Å². The van der Waals surface area contributed by atoms with E-state index in [1.807, 2.05) is 19.9 Å². The maximum atomic E-state index is 13.3. The van der Waals surface area contributed by atoms with Gasteiger partial charge in [0.1, 0.15) is 15.9 Å².